The van der Waals surface area contributed by atoms with Gasteiger partial charge >= 0.3 is 0 Å². The lowest BCUT2D eigenvalue weighted by Gasteiger charge is -2.50. The highest BCUT2D eigenvalue weighted by Crippen LogP contribution is 2.54. The standard InChI is InChI=1S/C12H19NO/c1-2-12(14-3-1)7-13(8-12)11-5-9-4-10(9)6-11/h9-11H,1-8H2. The molecule has 0 aromatic carbocycles. The minimum Gasteiger partial charge on any atom is -0.372 e. The van der Waals surface area contributed by atoms with Gasteiger partial charge in [-0.25, -0.2) is 0 Å². The van der Waals surface area contributed by atoms with Crippen LogP contribution < -0.4 is 0 Å². The van der Waals surface area contributed by atoms with E-state index < -0.39 is 0 Å². The van der Waals surface area contributed by atoms with Crippen molar-refractivity contribution in [1.29, 1.82) is 0 Å². The molecular weight excluding hydrogens is 174 g/mol. The average molecular weight is 193 g/mol. The second-order valence-corrected chi connectivity index (χ2v) is 5.92. The third kappa shape index (κ3) is 1.04. The summed E-state index contributed by atoms with van der Waals surface area (Å²) in [6.07, 6.45) is 7.17. The molecule has 0 bridgehead atoms. The van der Waals surface area contributed by atoms with Crippen LogP contribution in [0.2, 0.25) is 0 Å². The van der Waals surface area contributed by atoms with Crippen molar-refractivity contribution in [2.75, 3.05) is 19.7 Å². The Hall–Kier alpha value is -0.0800. The second-order valence-electron chi connectivity index (χ2n) is 5.92. The molecule has 0 radical (unpaired) electrons. The largest absolute Gasteiger partial charge is 0.372 e. The molecule has 4 aliphatic rings. The van der Waals surface area contributed by atoms with Crippen LogP contribution in [0.4, 0.5) is 0 Å². The fourth-order valence-electron chi connectivity index (χ4n) is 3.94. The topological polar surface area (TPSA) is 12.5 Å². The van der Waals surface area contributed by atoms with Gasteiger partial charge in [0.2, 0.25) is 0 Å². The maximum absolute atomic E-state index is 5.86. The van der Waals surface area contributed by atoms with Gasteiger partial charge in [0.25, 0.3) is 0 Å². The number of likely N-dealkylation sites (tertiary alicyclic amines) is 1. The van der Waals surface area contributed by atoms with Crippen LogP contribution >= 0.6 is 0 Å². The van der Waals surface area contributed by atoms with Gasteiger partial charge in [0.15, 0.2) is 0 Å². The molecule has 2 unspecified atom stereocenters. The Morgan fingerprint density at radius 3 is 2.50 bits per heavy atom. The molecule has 2 aliphatic carbocycles. The van der Waals surface area contributed by atoms with E-state index in [9.17, 15) is 0 Å². The fourth-order valence-corrected chi connectivity index (χ4v) is 3.94. The normalized spacial score (nSPS) is 49.3. The summed E-state index contributed by atoms with van der Waals surface area (Å²) >= 11 is 0. The van der Waals surface area contributed by atoms with E-state index in [0.29, 0.717) is 5.60 Å². The summed E-state index contributed by atoms with van der Waals surface area (Å²) in [6.45, 7) is 3.51. The predicted octanol–water partition coefficient (Wildman–Crippen LogP) is 1.65. The summed E-state index contributed by atoms with van der Waals surface area (Å²) in [5, 5.41) is 0. The Morgan fingerprint density at radius 1 is 1.07 bits per heavy atom. The number of ether oxygens (including phenoxy) is 1. The van der Waals surface area contributed by atoms with E-state index in [2.05, 4.69) is 4.90 Å². The minimum atomic E-state index is 0.326. The highest BCUT2D eigenvalue weighted by Gasteiger charge is 2.54. The summed E-state index contributed by atoms with van der Waals surface area (Å²) in [7, 11) is 0. The van der Waals surface area contributed by atoms with Crippen LogP contribution in [0.3, 0.4) is 0 Å². The van der Waals surface area contributed by atoms with Crippen molar-refractivity contribution in [2.24, 2.45) is 11.8 Å². The molecule has 0 aromatic heterocycles. The molecule has 0 N–H and O–H groups in total. The first-order valence-corrected chi connectivity index (χ1v) is 6.23. The van der Waals surface area contributed by atoms with Crippen LogP contribution in [0, 0.1) is 11.8 Å². The van der Waals surface area contributed by atoms with Gasteiger partial charge in [0.05, 0.1) is 5.60 Å². The zero-order valence-corrected chi connectivity index (χ0v) is 8.74. The monoisotopic (exact) mass is 193 g/mol. The maximum Gasteiger partial charge on any atom is 0.0935 e. The van der Waals surface area contributed by atoms with Crippen LogP contribution in [0.5, 0.6) is 0 Å². The van der Waals surface area contributed by atoms with Crippen LogP contribution in [0.25, 0.3) is 0 Å². The number of hydrogen-bond acceptors (Lipinski definition) is 2. The van der Waals surface area contributed by atoms with Gasteiger partial charge in [0, 0.05) is 25.7 Å². The Labute approximate surface area is 85.6 Å². The smallest absolute Gasteiger partial charge is 0.0935 e. The lowest BCUT2D eigenvalue weighted by atomic mass is 9.88. The number of hydrogen-bond donors (Lipinski definition) is 0. The molecule has 2 atom stereocenters. The van der Waals surface area contributed by atoms with Crippen LogP contribution in [0.15, 0.2) is 0 Å². The van der Waals surface area contributed by atoms with Gasteiger partial charge in [-0.2, -0.15) is 0 Å². The molecule has 2 saturated heterocycles. The molecule has 4 rings (SSSR count). The summed E-state index contributed by atoms with van der Waals surface area (Å²) in [6, 6.07) is 0.938. The quantitative estimate of drug-likeness (QED) is 0.628. The van der Waals surface area contributed by atoms with Crippen molar-refractivity contribution in [2.45, 2.75) is 43.7 Å². The number of rotatable bonds is 1. The highest BCUT2D eigenvalue weighted by atomic mass is 16.5. The van der Waals surface area contributed by atoms with Crippen LogP contribution in [-0.2, 0) is 4.74 Å². The Balaban J connectivity index is 1.37. The van der Waals surface area contributed by atoms with Crippen LogP contribution in [0.1, 0.15) is 32.1 Å². The Bertz CT molecular complexity index is 241. The Kier molecular flexibility index (Phi) is 1.47. The number of nitrogens with zero attached hydrogens (tertiary/aromatic N) is 1. The van der Waals surface area contributed by atoms with E-state index in [-0.39, 0.29) is 0 Å². The molecule has 2 saturated carbocycles. The molecular formula is C12H19NO. The molecule has 14 heavy (non-hydrogen) atoms. The van der Waals surface area contributed by atoms with E-state index >= 15 is 0 Å². The maximum atomic E-state index is 5.86. The minimum absolute atomic E-state index is 0.326. The first kappa shape index (κ1) is 8.12. The van der Waals surface area contributed by atoms with Gasteiger partial charge in [-0.3, -0.25) is 4.90 Å². The van der Waals surface area contributed by atoms with Gasteiger partial charge < -0.3 is 4.74 Å². The molecule has 2 heterocycles. The van der Waals surface area contributed by atoms with E-state index in [1.165, 1.54) is 38.8 Å². The first-order chi connectivity index (χ1) is 6.85. The van der Waals surface area contributed by atoms with E-state index in [4.69, 9.17) is 4.74 Å². The lowest BCUT2D eigenvalue weighted by Crippen LogP contribution is -2.64. The summed E-state index contributed by atoms with van der Waals surface area (Å²) in [5.41, 5.74) is 0.326. The number of fused-ring (bicyclic) bond motifs is 1. The molecule has 2 aliphatic heterocycles. The van der Waals surface area contributed by atoms with Crippen molar-refractivity contribution in [1.82, 2.24) is 4.90 Å². The Morgan fingerprint density at radius 2 is 1.86 bits per heavy atom. The third-order valence-corrected chi connectivity index (χ3v) is 4.90. The molecule has 2 heteroatoms. The van der Waals surface area contributed by atoms with E-state index in [0.717, 1.165) is 24.5 Å². The van der Waals surface area contributed by atoms with E-state index in [1.54, 1.807) is 6.42 Å². The molecule has 0 amide bonds. The zero-order chi connectivity index (χ0) is 9.17. The summed E-state index contributed by atoms with van der Waals surface area (Å²) in [4.78, 5) is 2.69. The molecule has 2 nitrogen and oxygen atoms in total. The van der Waals surface area contributed by atoms with E-state index in [1.807, 2.05) is 0 Å². The fraction of sp³-hybridized carbons (Fsp3) is 1.00. The highest BCUT2D eigenvalue weighted by molar-refractivity contribution is 5.07. The van der Waals surface area contributed by atoms with Crippen molar-refractivity contribution in [3.8, 4) is 0 Å². The van der Waals surface area contributed by atoms with Crippen molar-refractivity contribution in [3.05, 3.63) is 0 Å². The molecule has 78 valence electrons. The third-order valence-electron chi connectivity index (χ3n) is 4.90. The van der Waals surface area contributed by atoms with Gasteiger partial charge in [-0.1, -0.05) is 0 Å². The van der Waals surface area contributed by atoms with Crippen LogP contribution in [-0.4, -0.2) is 36.2 Å². The zero-order valence-electron chi connectivity index (χ0n) is 8.74. The molecule has 0 aromatic rings. The van der Waals surface area contributed by atoms with Crippen molar-refractivity contribution in [3.63, 3.8) is 0 Å². The predicted molar refractivity (Wildman–Crippen MR) is 54.1 cm³/mol. The first-order valence-electron chi connectivity index (χ1n) is 6.23. The summed E-state index contributed by atoms with van der Waals surface area (Å²) < 4.78 is 5.86. The molecule has 4 fully saturated rings. The average Bonchev–Trinajstić information content (AvgIpc) is 2.66. The second kappa shape index (κ2) is 2.53. The lowest BCUT2D eigenvalue weighted by molar-refractivity contribution is -0.126. The summed E-state index contributed by atoms with van der Waals surface area (Å²) in [5.74, 6) is 2.25. The van der Waals surface area contributed by atoms with Gasteiger partial charge in [-0.05, 0) is 43.9 Å². The SMILES string of the molecule is C1COC2(C1)CN(C1CC3CC3C1)C2. The molecule has 1 spiro atoms. The van der Waals surface area contributed by atoms with Crippen molar-refractivity contribution < 1.29 is 4.74 Å². The van der Waals surface area contributed by atoms with Crippen molar-refractivity contribution >= 4 is 0 Å². The van der Waals surface area contributed by atoms with Gasteiger partial charge in [0.1, 0.15) is 0 Å². The van der Waals surface area contributed by atoms with Gasteiger partial charge in [-0.15, -0.1) is 0 Å².